The first kappa shape index (κ1) is 18.0. The van der Waals surface area contributed by atoms with Crippen molar-refractivity contribution in [3.05, 3.63) is 35.5 Å². The van der Waals surface area contributed by atoms with Gasteiger partial charge in [-0.25, -0.2) is 8.42 Å². The van der Waals surface area contributed by atoms with Crippen LogP contribution in [0.25, 0.3) is 10.9 Å². The predicted octanol–water partition coefficient (Wildman–Crippen LogP) is 2.52. The highest BCUT2D eigenvalue weighted by Crippen LogP contribution is 2.31. The van der Waals surface area contributed by atoms with Gasteiger partial charge in [0.05, 0.1) is 24.0 Å². The van der Waals surface area contributed by atoms with Gasteiger partial charge in [0.1, 0.15) is 0 Å². The number of fused-ring (bicyclic) bond motifs is 1. The van der Waals surface area contributed by atoms with Crippen LogP contribution in [-0.2, 0) is 14.8 Å². The Bertz CT molecular complexity index is 900. The summed E-state index contributed by atoms with van der Waals surface area (Å²) in [5, 5.41) is 1.22. The fourth-order valence-corrected chi connectivity index (χ4v) is 5.88. The van der Waals surface area contributed by atoms with Gasteiger partial charge in [-0.1, -0.05) is 11.6 Å². The van der Waals surface area contributed by atoms with Crippen LogP contribution in [0.2, 0.25) is 5.02 Å². The minimum atomic E-state index is -3.32. The zero-order valence-corrected chi connectivity index (χ0v) is 16.0. The first-order valence-corrected chi connectivity index (χ1v) is 10.8. The number of hydrogen-bond donors (Lipinski definition) is 0. The second kappa shape index (κ2) is 7.31. The van der Waals surface area contributed by atoms with Crippen molar-refractivity contribution < 1.29 is 13.2 Å². The molecule has 1 atom stereocenters. The lowest BCUT2D eigenvalue weighted by Gasteiger charge is -2.37. The van der Waals surface area contributed by atoms with E-state index in [1.54, 1.807) is 10.5 Å². The summed E-state index contributed by atoms with van der Waals surface area (Å²) in [7, 11) is -3.32. The Morgan fingerprint density at radius 2 is 1.96 bits per heavy atom. The third kappa shape index (κ3) is 3.41. The molecule has 1 aromatic carbocycles. The van der Waals surface area contributed by atoms with E-state index in [0.717, 1.165) is 29.6 Å². The number of ether oxygens (including phenoxy) is 1. The van der Waals surface area contributed by atoms with Crippen LogP contribution in [0.1, 0.15) is 12.8 Å². The maximum absolute atomic E-state index is 13.0. The summed E-state index contributed by atoms with van der Waals surface area (Å²) in [6, 6.07) is 7.57. The number of pyridine rings is 1. The van der Waals surface area contributed by atoms with E-state index < -0.39 is 15.3 Å². The molecule has 0 saturated carbocycles. The van der Waals surface area contributed by atoms with E-state index in [9.17, 15) is 8.42 Å². The maximum Gasteiger partial charge on any atom is 0.218 e. The van der Waals surface area contributed by atoms with Crippen LogP contribution in [0.3, 0.4) is 0 Å². The number of sulfonamides is 1. The van der Waals surface area contributed by atoms with Crippen molar-refractivity contribution in [3.8, 4) is 0 Å². The van der Waals surface area contributed by atoms with Crippen molar-refractivity contribution in [2.45, 2.75) is 18.1 Å². The van der Waals surface area contributed by atoms with Crippen LogP contribution in [0, 0.1) is 0 Å². The highest BCUT2D eigenvalue weighted by atomic mass is 35.5. The quantitative estimate of drug-likeness (QED) is 0.799. The summed E-state index contributed by atoms with van der Waals surface area (Å²) in [5.74, 6) is 0. The predicted molar refractivity (Wildman–Crippen MR) is 103 cm³/mol. The molecular formula is C18H22ClN3O3S. The number of nitrogens with zero attached hydrogens (tertiary/aromatic N) is 3. The highest BCUT2D eigenvalue weighted by Gasteiger charge is 2.36. The molecule has 3 heterocycles. The summed E-state index contributed by atoms with van der Waals surface area (Å²) < 4.78 is 33.0. The topological polar surface area (TPSA) is 62.7 Å². The average Bonchev–Trinajstić information content (AvgIpc) is 2.68. The smallest absolute Gasteiger partial charge is 0.218 e. The van der Waals surface area contributed by atoms with E-state index in [0.29, 0.717) is 44.3 Å². The van der Waals surface area contributed by atoms with E-state index >= 15 is 0 Å². The van der Waals surface area contributed by atoms with Crippen LogP contribution in [0.4, 0.5) is 5.69 Å². The molecule has 0 amide bonds. The third-order valence-electron chi connectivity index (χ3n) is 5.15. The number of piperidine rings is 1. The van der Waals surface area contributed by atoms with Crippen molar-refractivity contribution in [2.75, 3.05) is 44.3 Å². The van der Waals surface area contributed by atoms with E-state index in [4.69, 9.17) is 16.3 Å². The number of anilines is 1. The maximum atomic E-state index is 13.0. The van der Waals surface area contributed by atoms with E-state index in [-0.39, 0.29) is 0 Å². The average molecular weight is 396 g/mol. The molecule has 140 valence electrons. The van der Waals surface area contributed by atoms with E-state index in [1.807, 2.05) is 24.3 Å². The molecule has 0 radical (unpaired) electrons. The fraction of sp³-hybridized carbons (Fsp3) is 0.500. The number of aromatic nitrogens is 1. The van der Waals surface area contributed by atoms with Gasteiger partial charge in [-0.2, -0.15) is 4.31 Å². The molecule has 1 aromatic heterocycles. The van der Waals surface area contributed by atoms with Crippen LogP contribution in [0.15, 0.2) is 30.5 Å². The van der Waals surface area contributed by atoms with Crippen molar-refractivity contribution in [1.29, 1.82) is 0 Å². The molecule has 0 N–H and O–H groups in total. The van der Waals surface area contributed by atoms with Gasteiger partial charge in [-0.15, -0.1) is 0 Å². The molecule has 1 unspecified atom stereocenters. The molecule has 6 nitrogen and oxygen atoms in total. The minimum absolute atomic E-state index is 0.392. The first-order valence-electron chi connectivity index (χ1n) is 8.91. The summed E-state index contributed by atoms with van der Waals surface area (Å²) >= 11 is 6.17. The zero-order valence-electron chi connectivity index (χ0n) is 14.5. The molecule has 0 spiro atoms. The lowest BCUT2D eigenvalue weighted by molar-refractivity contribution is 0.0725. The standard InChI is InChI=1S/C18H22ClN3O3S/c19-14-3-4-17-16(12-14)18(5-6-20-17)21-7-1-2-15(13-21)26(23,24)22-8-10-25-11-9-22/h3-6,12,15H,1-2,7-11,13H2. The Labute approximate surface area is 158 Å². The molecule has 0 aliphatic carbocycles. The van der Waals surface area contributed by atoms with Crippen LogP contribution in [0.5, 0.6) is 0 Å². The number of benzene rings is 1. The zero-order chi connectivity index (χ0) is 18.1. The Morgan fingerprint density at radius 1 is 1.15 bits per heavy atom. The molecule has 2 aliphatic heterocycles. The third-order valence-corrected chi connectivity index (χ3v) is 7.70. The van der Waals surface area contributed by atoms with Crippen LogP contribution < -0.4 is 4.90 Å². The normalized spacial score (nSPS) is 22.7. The Kier molecular flexibility index (Phi) is 5.05. The van der Waals surface area contributed by atoms with Crippen LogP contribution in [-0.4, -0.2) is 62.3 Å². The summed E-state index contributed by atoms with van der Waals surface area (Å²) in [4.78, 5) is 6.55. The van der Waals surface area contributed by atoms with Crippen molar-refractivity contribution in [3.63, 3.8) is 0 Å². The fourth-order valence-electron chi connectivity index (χ4n) is 3.79. The van der Waals surface area contributed by atoms with Gasteiger partial charge in [0.15, 0.2) is 0 Å². The van der Waals surface area contributed by atoms with Crippen molar-refractivity contribution in [1.82, 2.24) is 9.29 Å². The molecule has 2 saturated heterocycles. The Hall–Kier alpha value is -1.41. The van der Waals surface area contributed by atoms with Crippen molar-refractivity contribution >= 4 is 38.2 Å². The van der Waals surface area contributed by atoms with Gasteiger partial charge in [-0.05, 0) is 37.1 Å². The molecule has 8 heteroatoms. The number of rotatable bonds is 3. The highest BCUT2D eigenvalue weighted by molar-refractivity contribution is 7.89. The van der Waals surface area contributed by atoms with E-state index in [2.05, 4.69) is 9.88 Å². The van der Waals surface area contributed by atoms with Gasteiger partial charge in [0, 0.05) is 48.5 Å². The number of halogens is 1. The Morgan fingerprint density at radius 3 is 2.77 bits per heavy atom. The lowest BCUT2D eigenvalue weighted by Crippen LogP contribution is -2.50. The summed E-state index contributed by atoms with van der Waals surface area (Å²) in [6.45, 7) is 3.18. The molecule has 0 bridgehead atoms. The van der Waals surface area contributed by atoms with Gasteiger partial charge in [0.2, 0.25) is 10.0 Å². The lowest BCUT2D eigenvalue weighted by atomic mass is 10.1. The minimum Gasteiger partial charge on any atom is -0.379 e. The second-order valence-electron chi connectivity index (χ2n) is 6.76. The largest absolute Gasteiger partial charge is 0.379 e. The number of hydrogen-bond acceptors (Lipinski definition) is 5. The summed E-state index contributed by atoms with van der Waals surface area (Å²) in [6.07, 6.45) is 3.31. The van der Waals surface area contributed by atoms with Crippen LogP contribution >= 0.6 is 11.6 Å². The molecule has 4 rings (SSSR count). The number of morpholine rings is 1. The summed E-state index contributed by atoms with van der Waals surface area (Å²) in [5.41, 5.74) is 1.87. The molecule has 26 heavy (non-hydrogen) atoms. The molecule has 2 fully saturated rings. The molecule has 2 aliphatic rings. The Balaban J connectivity index is 1.62. The second-order valence-corrected chi connectivity index (χ2v) is 9.41. The van der Waals surface area contributed by atoms with Gasteiger partial charge in [-0.3, -0.25) is 4.98 Å². The van der Waals surface area contributed by atoms with Crippen molar-refractivity contribution in [2.24, 2.45) is 0 Å². The van der Waals surface area contributed by atoms with E-state index in [1.165, 1.54) is 0 Å². The monoisotopic (exact) mass is 395 g/mol. The van der Waals surface area contributed by atoms with Gasteiger partial charge >= 0.3 is 0 Å². The molecular weight excluding hydrogens is 374 g/mol. The van der Waals surface area contributed by atoms with Gasteiger partial charge < -0.3 is 9.64 Å². The first-order chi connectivity index (χ1) is 12.6. The van der Waals surface area contributed by atoms with Gasteiger partial charge in [0.25, 0.3) is 0 Å². The SMILES string of the molecule is O=S(=O)(C1CCCN(c2ccnc3ccc(Cl)cc23)C1)N1CCOCC1. The molecule has 2 aromatic rings.